The monoisotopic (exact) mass is 510 g/mol. The van der Waals surface area contributed by atoms with Crippen molar-refractivity contribution in [3.63, 3.8) is 0 Å². The van der Waals surface area contributed by atoms with E-state index >= 15 is 0 Å². The van der Waals surface area contributed by atoms with Gasteiger partial charge >= 0.3 is 21.7 Å². The smallest absolute Gasteiger partial charge is 0.507 e. The number of halogens is 6. The van der Waals surface area contributed by atoms with E-state index in [-0.39, 0.29) is 16.5 Å². The molecule has 0 radical (unpaired) electrons. The number of H-pyrrole nitrogens is 1. The number of hydrogen-bond donors (Lipinski definition) is 2. The van der Waals surface area contributed by atoms with Crippen LogP contribution in [0, 0.1) is 11.3 Å². The van der Waals surface area contributed by atoms with Crippen molar-refractivity contribution in [1.82, 2.24) is 14.3 Å². The molecule has 3 fully saturated rings. The number of aromatic amines is 1. The lowest BCUT2D eigenvalue weighted by molar-refractivity contribution is -0.138. The Morgan fingerprint density at radius 2 is 1.82 bits per heavy atom. The van der Waals surface area contributed by atoms with Gasteiger partial charge in [-0.1, -0.05) is 0 Å². The van der Waals surface area contributed by atoms with Gasteiger partial charge in [-0.15, -0.1) is 0 Å². The second kappa shape index (κ2) is 7.26. The third kappa shape index (κ3) is 3.44. The van der Waals surface area contributed by atoms with Crippen LogP contribution in [0.25, 0.3) is 0 Å². The van der Waals surface area contributed by atoms with Crippen molar-refractivity contribution in [2.75, 3.05) is 11.4 Å². The van der Waals surface area contributed by atoms with Crippen LogP contribution >= 0.6 is 0 Å². The van der Waals surface area contributed by atoms with Crippen LogP contribution in [0.2, 0.25) is 0 Å². The van der Waals surface area contributed by atoms with Crippen LogP contribution in [0.15, 0.2) is 24.7 Å². The molecule has 1 aliphatic heterocycles. The normalized spacial score (nSPS) is 27.5. The summed E-state index contributed by atoms with van der Waals surface area (Å²) in [4.78, 5) is 8.39. The average molecular weight is 510 g/mol. The summed E-state index contributed by atoms with van der Waals surface area (Å²) in [5.41, 5.74) is -7.46. The molecule has 4 aliphatic rings. The maximum absolute atomic E-state index is 13.5. The van der Waals surface area contributed by atoms with Crippen molar-refractivity contribution in [2.24, 2.45) is 11.3 Å². The first-order chi connectivity index (χ1) is 15.7. The molecule has 0 saturated heterocycles. The minimum absolute atomic E-state index is 0.0365. The lowest BCUT2D eigenvalue weighted by atomic mass is 9.41. The van der Waals surface area contributed by atoms with E-state index in [9.17, 15) is 39.9 Å². The Labute approximate surface area is 190 Å². The van der Waals surface area contributed by atoms with Crippen molar-refractivity contribution in [2.45, 2.75) is 50.1 Å². The number of nitrogens with zero attached hydrogens (tertiary/aromatic N) is 3. The van der Waals surface area contributed by atoms with Gasteiger partial charge in [-0.25, -0.2) is 13.4 Å². The van der Waals surface area contributed by atoms with E-state index in [1.165, 1.54) is 12.5 Å². The van der Waals surface area contributed by atoms with Gasteiger partial charge in [-0.05, 0) is 42.7 Å². The Bertz CT molecular complexity index is 1200. The molecule has 1 aromatic carbocycles. The van der Waals surface area contributed by atoms with Crippen molar-refractivity contribution >= 4 is 15.7 Å². The van der Waals surface area contributed by atoms with Gasteiger partial charge in [0.15, 0.2) is 0 Å². The van der Waals surface area contributed by atoms with Crippen LogP contribution in [-0.4, -0.2) is 45.9 Å². The van der Waals surface area contributed by atoms with E-state index < -0.39 is 63.1 Å². The number of aromatic hydroxyl groups is 1. The zero-order valence-corrected chi connectivity index (χ0v) is 18.3. The van der Waals surface area contributed by atoms with Gasteiger partial charge in [0.05, 0.1) is 24.1 Å². The summed E-state index contributed by atoms with van der Waals surface area (Å²) in [6.07, 6.45) is -0.0515. The van der Waals surface area contributed by atoms with E-state index in [0.29, 0.717) is 36.9 Å². The van der Waals surface area contributed by atoms with Gasteiger partial charge in [-0.2, -0.15) is 30.6 Å². The molecule has 7 nitrogen and oxygen atoms in total. The zero-order chi connectivity index (χ0) is 24.7. The largest absolute Gasteiger partial charge is 0.511 e. The fraction of sp³-hybridized carbons (Fsp3) is 0.550. The summed E-state index contributed by atoms with van der Waals surface area (Å²) >= 11 is 0. The molecule has 186 valence electrons. The molecule has 2 heterocycles. The second-order valence-electron chi connectivity index (χ2n) is 9.26. The number of sulfonamides is 1. The van der Waals surface area contributed by atoms with E-state index in [0.717, 1.165) is 6.07 Å². The number of phenols is 1. The molecule has 6 rings (SSSR count). The third-order valence-electron chi connectivity index (χ3n) is 7.28. The van der Waals surface area contributed by atoms with E-state index in [4.69, 9.17) is 0 Å². The summed E-state index contributed by atoms with van der Waals surface area (Å²) in [7, 11) is -5.88. The molecule has 3 aliphatic carbocycles. The number of imidazole rings is 1. The van der Waals surface area contributed by atoms with Gasteiger partial charge in [0, 0.05) is 36.6 Å². The number of alkyl halides is 6. The molecular weight excluding hydrogens is 490 g/mol. The van der Waals surface area contributed by atoms with Crippen molar-refractivity contribution in [3.05, 3.63) is 41.5 Å². The molecule has 0 spiro atoms. The van der Waals surface area contributed by atoms with Crippen LogP contribution in [0.4, 0.5) is 32.0 Å². The maximum Gasteiger partial charge on any atom is 0.511 e. The molecule has 3 saturated carbocycles. The number of hydrogen-bond acceptors (Lipinski definition) is 5. The first-order valence-electron chi connectivity index (χ1n) is 10.5. The molecule has 1 atom stereocenters. The average Bonchev–Trinajstić information content (AvgIpc) is 3.09. The summed E-state index contributed by atoms with van der Waals surface area (Å²) in [5.74, 6) is -0.870. The number of benzene rings is 1. The fourth-order valence-electron chi connectivity index (χ4n) is 5.54. The Morgan fingerprint density at radius 1 is 1.15 bits per heavy atom. The topological polar surface area (TPSA) is 89.5 Å². The fourth-order valence-corrected chi connectivity index (χ4v) is 6.47. The minimum atomic E-state index is -5.88. The summed E-state index contributed by atoms with van der Waals surface area (Å²) < 4.78 is 106. The third-order valence-corrected chi connectivity index (χ3v) is 8.82. The lowest BCUT2D eigenvalue weighted by Gasteiger charge is -2.67. The van der Waals surface area contributed by atoms with Crippen molar-refractivity contribution in [3.8, 4) is 5.75 Å². The molecule has 14 heteroatoms. The number of nitrogens with one attached hydrogen (secondary N) is 1. The second-order valence-corrected chi connectivity index (χ2v) is 11.2. The summed E-state index contributed by atoms with van der Waals surface area (Å²) in [6, 6.07) is 1.02. The van der Waals surface area contributed by atoms with Gasteiger partial charge in [0.25, 0.3) is 0 Å². The predicted molar refractivity (Wildman–Crippen MR) is 107 cm³/mol. The minimum Gasteiger partial charge on any atom is -0.507 e. The Hall–Kier alpha value is -2.48. The Balaban J connectivity index is 1.70. The van der Waals surface area contributed by atoms with Gasteiger partial charge < -0.3 is 15.0 Å². The number of rotatable bonds is 4. The maximum atomic E-state index is 13.5. The number of anilines is 1. The lowest BCUT2D eigenvalue weighted by Crippen LogP contribution is -2.66. The highest BCUT2D eigenvalue weighted by Crippen LogP contribution is 2.68. The van der Waals surface area contributed by atoms with Gasteiger partial charge in [-0.3, -0.25) is 0 Å². The highest BCUT2D eigenvalue weighted by molar-refractivity contribution is 7.89. The van der Waals surface area contributed by atoms with Crippen molar-refractivity contribution < 1.29 is 39.9 Å². The predicted octanol–water partition coefficient (Wildman–Crippen LogP) is 3.97. The highest BCUT2D eigenvalue weighted by atomic mass is 32.2. The van der Waals surface area contributed by atoms with Gasteiger partial charge in [0.1, 0.15) is 5.75 Å². The Morgan fingerprint density at radius 3 is 2.32 bits per heavy atom. The first-order valence-corrected chi connectivity index (χ1v) is 11.9. The standard InChI is InChI=1S/C20H20F6N4O3S/c21-19(22,23)14-1-2-15-13(17(14)31)8-29(34(32,33)20(24,25)26)9-16(18-3-11(4-18)5-18)30(15)7-12-6-27-10-28-12/h1-2,6,10-11,16,31H,3-5,7-9H2,(H,27,28)/t11?,16-,18?/m0/s1. The molecule has 0 unspecified atom stereocenters. The SMILES string of the molecule is O=S(=O)(N1Cc2c(ccc(C(F)(F)F)c2O)N(Cc2cnc[nH]2)[C@H](C23CC(C2)C3)C1)C(F)(F)F. The molecule has 2 N–H and O–H groups in total. The first kappa shape index (κ1) is 23.3. The van der Waals surface area contributed by atoms with Crippen LogP contribution in [0.1, 0.15) is 36.1 Å². The number of phenolic OH excluding ortho intramolecular Hbond substituents is 1. The number of fused-ring (bicyclic) bond motifs is 1. The van der Waals surface area contributed by atoms with Crippen LogP contribution < -0.4 is 4.90 Å². The highest BCUT2D eigenvalue weighted by Gasteiger charge is 2.63. The van der Waals surface area contributed by atoms with E-state index in [2.05, 4.69) is 9.97 Å². The van der Waals surface area contributed by atoms with Crippen LogP contribution in [0.3, 0.4) is 0 Å². The molecular formula is C20H20F6N4O3S. The van der Waals surface area contributed by atoms with E-state index in [1.54, 1.807) is 4.90 Å². The summed E-state index contributed by atoms with van der Waals surface area (Å²) in [5, 5.41) is 10.5. The molecule has 34 heavy (non-hydrogen) atoms. The quantitative estimate of drug-likeness (QED) is 0.608. The number of aromatic nitrogens is 2. The Kier molecular flexibility index (Phi) is 4.97. The van der Waals surface area contributed by atoms with Crippen LogP contribution in [-0.2, 0) is 29.3 Å². The molecule has 1 aromatic heterocycles. The summed E-state index contributed by atoms with van der Waals surface area (Å²) in [6.45, 7) is -1.57. The molecule has 0 amide bonds. The molecule has 2 bridgehead atoms. The zero-order valence-electron chi connectivity index (χ0n) is 17.5. The van der Waals surface area contributed by atoms with E-state index in [1.807, 2.05) is 0 Å². The molecule has 2 aromatic rings. The van der Waals surface area contributed by atoms with Gasteiger partial charge in [0.2, 0.25) is 0 Å². The van der Waals surface area contributed by atoms with Crippen LogP contribution in [0.5, 0.6) is 5.75 Å². The van der Waals surface area contributed by atoms with Crippen molar-refractivity contribution in [1.29, 1.82) is 0 Å².